The third-order valence-corrected chi connectivity index (χ3v) is 3.98. The van der Waals surface area contributed by atoms with E-state index in [1.165, 1.54) is 5.39 Å². The van der Waals surface area contributed by atoms with E-state index >= 15 is 0 Å². The Morgan fingerprint density at radius 1 is 1.17 bits per heavy atom. The van der Waals surface area contributed by atoms with Crippen LogP contribution in [0.15, 0.2) is 53.1 Å². The second-order valence-electron chi connectivity index (χ2n) is 5.64. The minimum Gasteiger partial charge on any atom is -0.363 e. The molecule has 1 aromatic heterocycles. The molecule has 1 N–H and O–H groups in total. The van der Waals surface area contributed by atoms with Gasteiger partial charge in [0.1, 0.15) is 6.04 Å². The lowest BCUT2D eigenvalue weighted by Crippen LogP contribution is -2.39. The van der Waals surface area contributed by atoms with Crippen molar-refractivity contribution in [3.05, 3.63) is 54.2 Å². The van der Waals surface area contributed by atoms with Crippen molar-refractivity contribution >= 4 is 28.3 Å². The minimum absolute atomic E-state index is 0.142. The topological polar surface area (TPSA) is 58.4 Å². The van der Waals surface area contributed by atoms with Gasteiger partial charge in [0.25, 0.3) is 0 Å². The molecule has 1 heterocycles. The number of amides is 1. The fraction of sp³-hybridized carbons (Fsp3) is 0.222. The van der Waals surface area contributed by atoms with Crippen molar-refractivity contribution in [1.29, 1.82) is 0 Å². The van der Waals surface area contributed by atoms with Crippen molar-refractivity contribution in [2.24, 2.45) is 0 Å². The summed E-state index contributed by atoms with van der Waals surface area (Å²) in [5, 5.41) is 8.83. The lowest BCUT2D eigenvalue weighted by atomic mass is 10.1. The maximum absolute atomic E-state index is 12.4. The number of likely N-dealkylation sites (N-methyl/N-ethyl adjacent to an activating group) is 1. The zero-order chi connectivity index (χ0) is 16.4. The predicted octanol–water partition coefficient (Wildman–Crippen LogP) is 3.60. The van der Waals surface area contributed by atoms with E-state index in [4.69, 9.17) is 4.52 Å². The largest absolute Gasteiger partial charge is 0.363 e. The Bertz CT molecular complexity index is 841. The first-order valence-electron chi connectivity index (χ1n) is 7.50. The average molecular weight is 309 g/mol. The van der Waals surface area contributed by atoms with Gasteiger partial charge in [-0.15, -0.1) is 0 Å². The molecule has 3 aromatic rings. The molecule has 0 saturated carbocycles. The van der Waals surface area contributed by atoms with Crippen LogP contribution < -0.4 is 10.2 Å². The summed E-state index contributed by atoms with van der Waals surface area (Å²) in [6.07, 6.45) is 0. The molecule has 1 amide bonds. The first kappa shape index (κ1) is 15.1. The molecule has 0 bridgehead atoms. The Hall–Kier alpha value is -2.82. The number of aromatic nitrogens is 1. The van der Waals surface area contributed by atoms with Gasteiger partial charge in [0.05, 0.1) is 5.69 Å². The van der Waals surface area contributed by atoms with Crippen molar-refractivity contribution in [1.82, 2.24) is 5.16 Å². The number of fused-ring (bicyclic) bond motifs is 1. The highest BCUT2D eigenvalue weighted by Gasteiger charge is 2.20. The molecule has 0 aliphatic heterocycles. The van der Waals surface area contributed by atoms with Crippen LogP contribution in [0.4, 0.5) is 11.6 Å². The van der Waals surface area contributed by atoms with Crippen LogP contribution in [-0.4, -0.2) is 24.2 Å². The lowest BCUT2D eigenvalue weighted by Gasteiger charge is -2.26. The molecule has 118 valence electrons. The molecular weight excluding hydrogens is 290 g/mol. The third-order valence-electron chi connectivity index (χ3n) is 3.98. The van der Waals surface area contributed by atoms with E-state index in [9.17, 15) is 4.79 Å². The summed E-state index contributed by atoms with van der Waals surface area (Å²) >= 11 is 0. The summed E-state index contributed by atoms with van der Waals surface area (Å²) in [6.45, 7) is 3.66. The Balaban J connectivity index is 1.77. The molecule has 5 nitrogen and oxygen atoms in total. The fourth-order valence-electron chi connectivity index (χ4n) is 2.44. The summed E-state index contributed by atoms with van der Waals surface area (Å²) < 4.78 is 5.03. The fourth-order valence-corrected chi connectivity index (χ4v) is 2.44. The molecule has 1 unspecified atom stereocenters. The van der Waals surface area contributed by atoms with Crippen molar-refractivity contribution in [2.45, 2.75) is 19.9 Å². The maximum atomic E-state index is 12.4. The van der Waals surface area contributed by atoms with Crippen LogP contribution in [0.25, 0.3) is 10.8 Å². The number of hydrogen-bond donors (Lipinski definition) is 1. The van der Waals surface area contributed by atoms with Crippen LogP contribution in [0.5, 0.6) is 0 Å². The third kappa shape index (κ3) is 3.18. The molecule has 0 spiro atoms. The molecule has 0 aliphatic carbocycles. The zero-order valence-electron chi connectivity index (χ0n) is 13.4. The van der Waals surface area contributed by atoms with Gasteiger partial charge in [-0.1, -0.05) is 35.5 Å². The highest BCUT2D eigenvalue weighted by Crippen LogP contribution is 2.23. The monoisotopic (exact) mass is 309 g/mol. The number of rotatable bonds is 4. The molecule has 0 radical (unpaired) electrons. The number of hydrogen-bond acceptors (Lipinski definition) is 4. The Kier molecular flexibility index (Phi) is 4.02. The Labute approximate surface area is 134 Å². The van der Waals surface area contributed by atoms with Crippen molar-refractivity contribution < 1.29 is 9.32 Å². The number of benzene rings is 2. The van der Waals surface area contributed by atoms with Gasteiger partial charge in [-0.3, -0.25) is 10.1 Å². The van der Waals surface area contributed by atoms with E-state index in [1.54, 1.807) is 6.07 Å². The quantitative estimate of drug-likeness (QED) is 0.800. The van der Waals surface area contributed by atoms with Crippen LogP contribution >= 0.6 is 0 Å². The number of aryl methyl sites for hydroxylation is 1. The summed E-state index contributed by atoms with van der Waals surface area (Å²) in [6, 6.07) is 15.7. The SMILES string of the molecule is Cc1cc(NC(=O)C(C)N(C)c2ccc3ccccc3c2)on1. The van der Waals surface area contributed by atoms with Crippen molar-refractivity contribution in [2.75, 3.05) is 17.3 Å². The van der Waals surface area contributed by atoms with Gasteiger partial charge in [0.2, 0.25) is 11.8 Å². The lowest BCUT2D eigenvalue weighted by molar-refractivity contribution is -0.117. The minimum atomic E-state index is -0.346. The van der Waals surface area contributed by atoms with Gasteiger partial charge in [0, 0.05) is 18.8 Å². The van der Waals surface area contributed by atoms with Gasteiger partial charge in [-0.05, 0) is 36.8 Å². The standard InChI is InChI=1S/C18H19N3O2/c1-12-10-17(23-20-12)19-18(22)13(2)21(3)16-9-8-14-6-4-5-7-15(14)11-16/h4-11,13H,1-3H3,(H,19,22). The summed E-state index contributed by atoms with van der Waals surface area (Å²) in [5.74, 6) is 0.225. The molecule has 2 aromatic carbocycles. The van der Waals surface area contributed by atoms with Crippen LogP contribution in [-0.2, 0) is 4.79 Å². The number of nitrogens with one attached hydrogen (secondary N) is 1. The van der Waals surface area contributed by atoms with E-state index in [0.717, 1.165) is 16.8 Å². The van der Waals surface area contributed by atoms with Crippen LogP contribution in [0, 0.1) is 6.92 Å². The first-order valence-corrected chi connectivity index (χ1v) is 7.50. The normalized spacial score (nSPS) is 12.1. The summed E-state index contributed by atoms with van der Waals surface area (Å²) in [5.41, 5.74) is 1.72. The van der Waals surface area contributed by atoms with Gasteiger partial charge >= 0.3 is 0 Å². The van der Waals surface area contributed by atoms with Crippen LogP contribution in [0.1, 0.15) is 12.6 Å². The van der Waals surface area contributed by atoms with Crippen molar-refractivity contribution in [3.8, 4) is 0 Å². The summed E-state index contributed by atoms with van der Waals surface area (Å²) in [4.78, 5) is 14.3. The number of anilines is 2. The average Bonchev–Trinajstić information content (AvgIpc) is 2.97. The predicted molar refractivity (Wildman–Crippen MR) is 91.7 cm³/mol. The highest BCUT2D eigenvalue weighted by molar-refractivity contribution is 5.96. The maximum Gasteiger partial charge on any atom is 0.249 e. The second kappa shape index (κ2) is 6.12. The molecule has 0 fully saturated rings. The molecule has 5 heteroatoms. The highest BCUT2D eigenvalue weighted by atomic mass is 16.5. The van der Waals surface area contributed by atoms with Gasteiger partial charge < -0.3 is 9.42 Å². The smallest absolute Gasteiger partial charge is 0.249 e. The van der Waals surface area contributed by atoms with Crippen LogP contribution in [0.3, 0.4) is 0 Å². The van der Waals surface area contributed by atoms with Crippen molar-refractivity contribution in [3.63, 3.8) is 0 Å². The van der Waals surface area contributed by atoms with Gasteiger partial charge in [0.15, 0.2) is 0 Å². The summed E-state index contributed by atoms with van der Waals surface area (Å²) in [7, 11) is 1.90. The molecule has 0 saturated heterocycles. The van der Waals surface area contributed by atoms with E-state index in [0.29, 0.717) is 5.88 Å². The zero-order valence-corrected chi connectivity index (χ0v) is 13.4. The van der Waals surface area contributed by atoms with E-state index in [1.807, 2.05) is 44.0 Å². The first-order chi connectivity index (χ1) is 11.0. The van der Waals surface area contributed by atoms with E-state index in [-0.39, 0.29) is 11.9 Å². The molecule has 1 atom stereocenters. The molecule has 23 heavy (non-hydrogen) atoms. The van der Waals surface area contributed by atoms with Gasteiger partial charge in [-0.2, -0.15) is 0 Å². The van der Waals surface area contributed by atoms with E-state index in [2.05, 4.69) is 34.7 Å². The van der Waals surface area contributed by atoms with Gasteiger partial charge in [-0.25, -0.2) is 0 Å². The number of nitrogens with zero attached hydrogens (tertiary/aromatic N) is 2. The Morgan fingerprint density at radius 2 is 1.91 bits per heavy atom. The molecular formula is C18H19N3O2. The second-order valence-corrected chi connectivity index (χ2v) is 5.64. The van der Waals surface area contributed by atoms with Crippen LogP contribution in [0.2, 0.25) is 0 Å². The number of carbonyl (C=O) groups excluding carboxylic acids is 1. The Morgan fingerprint density at radius 3 is 2.61 bits per heavy atom. The molecule has 3 rings (SSSR count). The number of carbonyl (C=O) groups is 1. The molecule has 0 aliphatic rings. The van der Waals surface area contributed by atoms with E-state index < -0.39 is 0 Å².